The molecule has 1 atom stereocenters. The highest BCUT2D eigenvalue weighted by Crippen LogP contribution is 1.86. The molecule has 10 heavy (non-hydrogen) atoms. The van der Waals surface area contributed by atoms with Crippen LogP contribution in [0, 0.1) is 0 Å². The third-order valence-electron chi connectivity index (χ3n) is 0.986. The Morgan fingerprint density at radius 2 is 2.20 bits per heavy atom. The summed E-state index contributed by atoms with van der Waals surface area (Å²) in [6.07, 6.45) is 0. The summed E-state index contributed by atoms with van der Waals surface area (Å²) < 4.78 is 13.1. The quantitative estimate of drug-likeness (QED) is 0.438. The maximum absolute atomic E-state index is 5.23. The first kappa shape index (κ1) is 10.6. The SMILES string of the molecule is COCCOCC(C)NI. The Labute approximate surface area is 76.0 Å². The zero-order chi connectivity index (χ0) is 7.82. The molecule has 0 heterocycles. The van der Waals surface area contributed by atoms with Crippen molar-refractivity contribution in [3.8, 4) is 0 Å². The highest BCUT2D eigenvalue weighted by Gasteiger charge is 1.96. The first-order valence-electron chi connectivity index (χ1n) is 3.24. The summed E-state index contributed by atoms with van der Waals surface area (Å²) in [5.74, 6) is 0. The summed E-state index contributed by atoms with van der Waals surface area (Å²) in [5, 5.41) is 0. The molecule has 0 saturated carbocycles. The second-order valence-corrected chi connectivity index (χ2v) is 2.70. The van der Waals surface area contributed by atoms with Crippen LogP contribution in [0.5, 0.6) is 0 Å². The zero-order valence-corrected chi connectivity index (χ0v) is 8.55. The van der Waals surface area contributed by atoms with E-state index in [1.807, 2.05) is 0 Å². The number of ether oxygens (including phenoxy) is 2. The molecule has 0 radical (unpaired) electrons. The van der Waals surface area contributed by atoms with Gasteiger partial charge in [-0.2, -0.15) is 0 Å². The molecule has 4 heteroatoms. The van der Waals surface area contributed by atoms with Crippen molar-refractivity contribution in [1.29, 1.82) is 0 Å². The largest absolute Gasteiger partial charge is 0.382 e. The van der Waals surface area contributed by atoms with E-state index >= 15 is 0 Å². The molecule has 0 bridgehead atoms. The van der Waals surface area contributed by atoms with Crippen LogP contribution in [-0.2, 0) is 9.47 Å². The van der Waals surface area contributed by atoms with E-state index in [9.17, 15) is 0 Å². The van der Waals surface area contributed by atoms with Gasteiger partial charge in [-0.15, -0.1) is 0 Å². The molecule has 0 aliphatic heterocycles. The van der Waals surface area contributed by atoms with Gasteiger partial charge in [0.25, 0.3) is 0 Å². The van der Waals surface area contributed by atoms with Crippen LogP contribution in [0.3, 0.4) is 0 Å². The molecule has 62 valence electrons. The van der Waals surface area contributed by atoms with Gasteiger partial charge in [0.2, 0.25) is 0 Å². The first-order valence-corrected chi connectivity index (χ1v) is 4.32. The van der Waals surface area contributed by atoms with Gasteiger partial charge in [0, 0.05) is 36.0 Å². The number of hydrogen-bond donors (Lipinski definition) is 1. The molecular weight excluding hydrogens is 245 g/mol. The lowest BCUT2D eigenvalue weighted by atomic mass is 10.4. The van der Waals surface area contributed by atoms with Gasteiger partial charge in [0.05, 0.1) is 19.8 Å². The molecule has 0 aliphatic carbocycles. The van der Waals surface area contributed by atoms with Gasteiger partial charge in [-0.1, -0.05) is 0 Å². The molecule has 0 saturated heterocycles. The van der Waals surface area contributed by atoms with Crippen molar-refractivity contribution in [2.45, 2.75) is 13.0 Å². The van der Waals surface area contributed by atoms with E-state index in [0.29, 0.717) is 19.3 Å². The van der Waals surface area contributed by atoms with Crippen molar-refractivity contribution < 1.29 is 9.47 Å². The summed E-state index contributed by atoms with van der Waals surface area (Å²) in [7, 11) is 1.67. The predicted octanol–water partition coefficient (Wildman–Crippen LogP) is 0.978. The lowest BCUT2D eigenvalue weighted by molar-refractivity contribution is 0.0646. The summed E-state index contributed by atoms with van der Waals surface area (Å²) >= 11 is 2.11. The summed E-state index contributed by atoms with van der Waals surface area (Å²) in [5.41, 5.74) is 0. The molecule has 0 aromatic rings. The summed E-state index contributed by atoms with van der Waals surface area (Å²) in [4.78, 5) is 0. The fourth-order valence-electron chi connectivity index (χ4n) is 0.434. The molecule has 1 N–H and O–H groups in total. The van der Waals surface area contributed by atoms with Gasteiger partial charge in [0.15, 0.2) is 0 Å². The Balaban J connectivity index is 2.89. The third-order valence-corrected chi connectivity index (χ3v) is 2.05. The second-order valence-electron chi connectivity index (χ2n) is 2.08. The van der Waals surface area contributed by atoms with Crippen molar-refractivity contribution in [3.05, 3.63) is 0 Å². The molecule has 0 amide bonds. The van der Waals surface area contributed by atoms with E-state index in [1.54, 1.807) is 7.11 Å². The van der Waals surface area contributed by atoms with Crippen molar-refractivity contribution in [2.24, 2.45) is 0 Å². The molecule has 0 fully saturated rings. The van der Waals surface area contributed by atoms with Crippen molar-refractivity contribution >= 4 is 22.9 Å². The van der Waals surface area contributed by atoms with Crippen LogP contribution in [0.4, 0.5) is 0 Å². The average molecular weight is 259 g/mol. The normalized spacial score (nSPS) is 13.5. The Morgan fingerprint density at radius 3 is 2.70 bits per heavy atom. The van der Waals surface area contributed by atoms with E-state index in [4.69, 9.17) is 9.47 Å². The fourth-order valence-corrected chi connectivity index (χ4v) is 0.614. The van der Waals surface area contributed by atoms with Crippen LogP contribution in [-0.4, -0.2) is 33.0 Å². The molecule has 0 aromatic carbocycles. The number of hydrogen-bond acceptors (Lipinski definition) is 3. The molecule has 0 aromatic heterocycles. The minimum absolute atomic E-state index is 0.414. The fraction of sp³-hybridized carbons (Fsp3) is 1.00. The number of rotatable bonds is 6. The summed E-state index contributed by atoms with van der Waals surface area (Å²) in [6, 6.07) is 0.414. The van der Waals surface area contributed by atoms with E-state index in [2.05, 4.69) is 33.3 Å². The molecule has 0 rings (SSSR count). The maximum atomic E-state index is 5.23. The third kappa shape index (κ3) is 6.73. The van der Waals surface area contributed by atoms with Gasteiger partial charge in [0.1, 0.15) is 0 Å². The van der Waals surface area contributed by atoms with Crippen LogP contribution in [0.2, 0.25) is 0 Å². The van der Waals surface area contributed by atoms with Crippen LogP contribution >= 0.6 is 22.9 Å². The predicted molar refractivity (Wildman–Crippen MR) is 49.3 cm³/mol. The number of nitrogens with one attached hydrogen (secondary N) is 1. The van der Waals surface area contributed by atoms with Crippen molar-refractivity contribution in [3.63, 3.8) is 0 Å². The second kappa shape index (κ2) is 7.71. The van der Waals surface area contributed by atoms with E-state index in [0.717, 1.165) is 6.61 Å². The molecule has 0 aliphatic rings. The van der Waals surface area contributed by atoms with Crippen molar-refractivity contribution in [2.75, 3.05) is 26.9 Å². The van der Waals surface area contributed by atoms with Gasteiger partial charge in [-0.3, -0.25) is 3.53 Å². The highest BCUT2D eigenvalue weighted by molar-refractivity contribution is 14.1. The first-order chi connectivity index (χ1) is 4.81. The molecule has 1 unspecified atom stereocenters. The van der Waals surface area contributed by atoms with Gasteiger partial charge < -0.3 is 9.47 Å². The molecule has 3 nitrogen and oxygen atoms in total. The van der Waals surface area contributed by atoms with Gasteiger partial charge >= 0.3 is 0 Å². The Bertz CT molecular complexity index is 72.8. The van der Waals surface area contributed by atoms with E-state index < -0.39 is 0 Å². The maximum Gasteiger partial charge on any atom is 0.0701 e. The van der Waals surface area contributed by atoms with Gasteiger partial charge in [-0.05, 0) is 6.92 Å². The van der Waals surface area contributed by atoms with Crippen LogP contribution in [0.25, 0.3) is 0 Å². The Kier molecular flexibility index (Phi) is 8.18. The van der Waals surface area contributed by atoms with Gasteiger partial charge in [-0.25, -0.2) is 0 Å². The van der Waals surface area contributed by atoms with E-state index in [1.165, 1.54) is 0 Å². The van der Waals surface area contributed by atoms with E-state index in [-0.39, 0.29) is 0 Å². The lowest BCUT2D eigenvalue weighted by Crippen LogP contribution is -2.23. The molecule has 0 spiro atoms. The van der Waals surface area contributed by atoms with Crippen LogP contribution < -0.4 is 3.53 Å². The minimum Gasteiger partial charge on any atom is -0.382 e. The molecular formula is C6H14INO2. The number of halogens is 1. The Morgan fingerprint density at radius 1 is 1.50 bits per heavy atom. The minimum atomic E-state index is 0.414. The average Bonchev–Trinajstić information content (AvgIpc) is 1.98. The topological polar surface area (TPSA) is 30.5 Å². The highest BCUT2D eigenvalue weighted by atomic mass is 127. The van der Waals surface area contributed by atoms with Crippen LogP contribution in [0.15, 0.2) is 0 Å². The zero-order valence-electron chi connectivity index (χ0n) is 6.39. The monoisotopic (exact) mass is 259 g/mol. The summed E-state index contributed by atoms with van der Waals surface area (Å²) in [6.45, 7) is 4.17. The standard InChI is InChI=1S/C6H14INO2/c1-6(8-7)5-10-4-3-9-2/h6,8H,3-5H2,1-2H3. The Hall–Kier alpha value is 0.610. The van der Waals surface area contributed by atoms with Crippen molar-refractivity contribution in [1.82, 2.24) is 3.53 Å². The lowest BCUT2D eigenvalue weighted by Gasteiger charge is -2.08. The van der Waals surface area contributed by atoms with Crippen LogP contribution in [0.1, 0.15) is 6.92 Å². The number of methoxy groups -OCH3 is 1. The smallest absolute Gasteiger partial charge is 0.0701 e.